The molecule has 0 bridgehead atoms. The van der Waals surface area contributed by atoms with E-state index in [1.54, 1.807) is 0 Å². The first-order chi connectivity index (χ1) is 10.4. The summed E-state index contributed by atoms with van der Waals surface area (Å²) in [4.78, 5) is 2.39. The molecule has 106 valence electrons. The topological polar surface area (TPSA) is 15.3 Å². The Morgan fingerprint density at radius 1 is 0.857 bits per heavy atom. The lowest BCUT2D eigenvalue weighted by atomic mass is 10.0. The van der Waals surface area contributed by atoms with Gasteiger partial charge in [0.2, 0.25) is 0 Å². The molecule has 21 heavy (non-hydrogen) atoms. The van der Waals surface area contributed by atoms with Crippen molar-refractivity contribution >= 4 is 0 Å². The van der Waals surface area contributed by atoms with Crippen molar-refractivity contribution < 1.29 is 0 Å². The summed E-state index contributed by atoms with van der Waals surface area (Å²) in [6.45, 7) is 5.21. The van der Waals surface area contributed by atoms with Crippen LogP contribution in [0.1, 0.15) is 5.56 Å². The van der Waals surface area contributed by atoms with Gasteiger partial charge in [0.05, 0.1) is 6.54 Å². The molecule has 2 nitrogen and oxygen atoms in total. The van der Waals surface area contributed by atoms with Crippen LogP contribution in [0.25, 0.3) is 11.1 Å². The molecule has 2 heteroatoms. The Labute approximate surface area is 126 Å². The van der Waals surface area contributed by atoms with Gasteiger partial charge in [0, 0.05) is 31.7 Å². The molecule has 1 saturated heterocycles. The summed E-state index contributed by atoms with van der Waals surface area (Å²) in [5.41, 5.74) is 3.57. The minimum atomic E-state index is 0.863. The highest BCUT2D eigenvalue weighted by Gasteiger charge is 2.06. The maximum absolute atomic E-state index is 3.35. The Morgan fingerprint density at radius 3 is 2.24 bits per heavy atom. The van der Waals surface area contributed by atoms with E-state index in [9.17, 15) is 0 Å². The third-order valence-corrected chi connectivity index (χ3v) is 3.74. The van der Waals surface area contributed by atoms with E-state index < -0.39 is 0 Å². The highest BCUT2D eigenvalue weighted by molar-refractivity contribution is 5.64. The minimum Gasteiger partial charge on any atom is -0.314 e. The van der Waals surface area contributed by atoms with Crippen LogP contribution in [0.4, 0.5) is 0 Å². The van der Waals surface area contributed by atoms with E-state index in [2.05, 4.69) is 70.6 Å². The molecule has 1 heterocycles. The van der Waals surface area contributed by atoms with Gasteiger partial charge in [-0.15, -0.1) is 0 Å². The quantitative estimate of drug-likeness (QED) is 0.848. The second-order valence-electron chi connectivity index (χ2n) is 5.27. The normalized spacial score (nSPS) is 15.2. The standard InChI is InChI=1S/C19H20N2/c1-2-6-18(7-3-1)19-10-8-17(9-11-19)5-4-14-21-15-12-20-13-16-21/h1-3,6-11,20H,12-16H2. The first-order valence-electron chi connectivity index (χ1n) is 7.49. The SMILES string of the molecule is C(#Cc1ccc(-c2ccccc2)cc1)CN1CCNCC1. The molecule has 0 saturated carbocycles. The van der Waals surface area contributed by atoms with E-state index in [0.717, 1.165) is 38.3 Å². The third kappa shape index (κ3) is 3.95. The number of hydrogen-bond donors (Lipinski definition) is 1. The lowest BCUT2D eigenvalue weighted by Gasteiger charge is -2.24. The number of benzene rings is 2. The molecule has 0 atom stereocenters. The van der Waals surface area contributed by atoms with Gasteiger partial charge < -0.3 is 5.32 Å². The molecular weight excluding hydrogens is 256 g/mol. The van der Waals surface area contributed by atoms with Crippen molar-refractivity contribution in [3.8, 4) is 23.0 Å². The highest BCUT2D eigenvalue weighted by atomic mass is 15.2. The van der Waals surface area contributed by atoms with Crippen molar-refractivity contribution in [1.82, 2.24) is 10.2 Å². The van der Waals surface area contributed by atoms with Gasteiger partial charge in [-0.05, 0) is 23.3 Å². The van der Waals surface area contributed by atoms with Crippen molar-refractivity contribution in [3.05, 3.63) is 60.2 Å². The highest BCUT2D eigenvalue weighted by Crippen LogP contribution is 2.18. The molecule has 2 aromatic rings. The molecule has 0 amide bonds. The summed E-state index contributed by atoms with van der Waals surface area (Å²) in [6.07, 6.45) is 0. The van der Waals surface area contributed by atoms with E-state index in [-0.39, 0.29) is 0 Å². The Morgan fingerprint density at radius 2 is 1.52 bits per heavy atom. The first-order valence-corrected chi connectivity index (χ1v) is 7.49. The monoisotopic (exact) mass is 276 g/mol. The summed E-state index contributed by atoms with van der Waals surface area (Å²) < 4.78 is 0. The van der Waals surface area contributed by atoms with Gasteiger partial charge in [-0.1, -0.05) is 54.3 Å². The Hall–Kier alpha value is -2.08. The van der Waals surface area contributed by atoms with Crippen LogP contribution >= 0.6 is 0 Å². The van der Waals surface area contributed by atoms with Crippen molar-refractivity contribution in [1.29, 1.82) is 0 Å². The third-order valence-electron chi connectivity index (χ3n) is 3.74. The molecule has 0 spiro atoms. The summed E-state index contributed by atoms with van der Waals surface area (Å²) in [7, 11) is 0. The molecule has 0 aromatic heterocycles. The van der Waals surface area contributed by atoms with Gasteiger partial charge in [-0.3, -0.25) is 4.90 Å². The Bertz CT molecular complexity index is 614. The van der Waals surface area contributed by atoms with E-state index in [1.807, 2.05) is 6.07 Å². The van der Waals surface area contributed by atoms with Gasteiger partial charge in [0.1, 0.15) is 0 Å². The largest absolute Gasteiger partial charge is 0.314 e. The molecular formula is C19H20N2. The molecule has 0 unspecified atom stereocenters. The van der Waals surface area contributed by atoms with Crippen LogP contribution in [-0.2, 0) is 0 Å². The van der Waals surface area contributed by atoms with Crippen molar-refractivity contribution in [2.75, 3.05) is 32.7 Å². The molecule has 0 radical (unpaired) electrons. The average molecular weight is 276 g/mol. The lowest BCUT2D eigenvalue weighted by Crippen LogP contribution is -2.43. The zero-order chi connectivity index (χ0) is 14.3. The molecule has 1 fully saturated rings. The maximum atomic E-state index is 3.35. The van der Waals surface area contributed by atoms with E-state index in [0.29, 0.717) is 0 Å². The second-order valence-corrected chi connectivity index (χ2v) is 5.27. The van der Waals surface area contributed by atoms with Crippen molar-refractivity contribution in [2.45, 2.75) is 0 Å². The molecule has 1 N–H and O–H groups in total. The van der Waals surface area contributed by atoms with Crippen LogP contribution in [0.15, 0.2) is 54.6 Å². The van der Waals surface area contributed by atoms with Crippen LogP contribution in [-0.4, -0.2) is 37.6 Å². The number of rotatable bonds is 2. The molecule has 3 rings (SSSR count). The summed E-state index contributed by atoms with van der Waals surface area (Å²) in [5, 5.41) is 3.35. The van der Waals surface area contributed by atoms with Gasteiger partial charge in [0.25, 0.3) is 0 Å². The number of piperazine rings is 1. The zero-order valence-electron chi connectivity index (χ0n) is 12.2. The fourth-order valence-electron chi connectivity index (χ4n) is 2.50. The van der Waals surface area contributed by atoms with Crippen LogP contribution in [0.3, 0.4) is 0 Å². The zero-order valence-corrected chi connectivity index (χ0v) is 12.2. The van der Waals surface area contributed by atoms with E-state index >= 15 is 0 Å². The second kappa shape index (κ2) is 7.08. The van der Waals surface area contributed by atoms with Crippen molar-refractivity contribution in [2.24, 2.45) is 0 Å². The molecule has 1 aliphatic rings. The maximum Gasteiger partial charge on any atom is 0.0606 e. The van der Waals surface area contributed by atoms with Crippen LogP contribution in [0.2, 0.25) is 0 Å². The van der Waals surface area contributed by atoms with Gasteiger partial charge in [-0.2, -0.15) is 0 Å². The Balaban J connectivity index is 1.62. The molecule has 1 aliphatic heterocycles. The number of hydrogen-bond acceptors (Lipinski definition) is 2. The minimum absolute atomic E-state index is 0.863. The summed E-state index contributed by atoms with van der Waals surface area (Å²) in [6, 6.07) is 18.9. The fraction of sp³-hybridized carbons (Fsp3) is 0.263. The van der Waals surface area contributed by atoms with E-state index in [4.69, 9.17) is 0 Å². The average Bonchev–Trinajstić information content (AvgIpc) is 2.57. The van der Waals surface area contributed by atoms with Gasteiger partial charge >= 0.3 is 0 Å². The molecule has 2 aromatic carbocycles. The number of nitrogens with zero attached hydrogens (tertiary/aromatic N) is 1. The molecule has 0 aliphatic carbocycles. The first kappa shape index (κ1) is 13.9. The van der Waals surface area contributed by atoms with Gasteiger partial charge in [-0.25, -0.2) is 0 Å². The van der Waals surface area contributed by atoms with Crippen LogP contribution in [0, 0.1) is 11.8 Å². The fourth-order valence-corrected chi connectivity index (χ4v) is 2.50. The van der Waals surface area contributed by atoms with Gasteiger partial charge in [0.15, 0.2) is 0 Å². The van der Waals surface area contributed by atoms with Crippen LogP contribution in [0.5, 0.6) is 0 Å². The summed E-state index contributed by atoms with van der Waals surface area (Å²) in [5.74, 6) is 6.54. The van der Waals surface area contributed by atoms with Crippen LogP contribution < -0.4 is 5.32 Å². The Kier molecular flexibility index (Phi) is 4.68. The predicted molar refractivity (Wildman–Crippen MR) is 88.1 cm³/mol. The lowest BCUT2D eigenvalue weighted by molar-refractivity contribution is 0.268. The summed E-state index contributed by atoms with van der Waals surface area (Å²) >= 11 is 0. The van der Waals surface area contributed by atoms with Crippen molar-refractivity contribution in [3.63, 3.8) is 0 Å². The van der Waals surface area contributed by atoms with E-state index in [1.165, 1.54) is 11.1 Å². The number of nitrogens with one attached hydrogen (secondary N) is 1. The predicted octanol–water partition coefficient (Wildman–Crippen LogP) is 2.61. The smallest absolute Gasteiger partial charge is 0.0606 e.